The van der Waals surface area contributed by atoms with Gasteiger partial charge in [-0.05, 0) is 25.5 Å². The Morgan fingerprint density at radius 2 is 2.33 bits per heavy atom. The smallest absolute Gasteiger partial charge is 0.0569 e. The first-order valence-electron chi connectivity index (χ1n) is 4.18. The zero-order chi connectivity index (χ0) is 8.81. The van der Waals surface area contributed by atoms with Crippen molar-refractivity contribution in [2.24, 2.45) is 5.73 Å². The molecule has 0 aromatic carbocycles. The van der Waals surface area contributed by atoms with E-state index in [1.165, 1.54) is 0 Å². The highest BCUT2D eigenvalue weighted by atomic mass is 16.3. The molecule has 3 N–H and O–H groups in total. The van der Waals surface area contributed by atoms with Gasteiger partial charge in [0.05, 0.1) is 6.10 Å². The van der Waals surface area contributed by atoms with Crippen LogP contribution in [0.5, 0.6) is 0 Å². The summed E-state index contributed by atoms with van der Waals surface area (Å²) in [6, 6.07) is 1.87. The minimum Gasteiger partial charge on any atom is -0.393 e. The molecular weight excluding hydrogens is 154 g/mol. The molecule has 1 aromatic heterocycles. The molecule has 0 unspecified atom stereocenters. The van der Waals surface area contributed by atoms with E-state index in [4.69, 9.17) is 5.73 Å². The molecule has 1 aromatic rings. The van der Waals surface area contributed by atoms with Crippen LogP contribution >= 0.6 is 0 Å². The van der Waals surface area contributed by atoms with Crippen molar-refractivity contribution in [1.29, 1.82) is 0 Å². The number of aliphatic hydroxyl groups is 1. The molecule has 4 nitrogen and oxygen atoms in total. The molecule has 0 spiro atoms. The Kier molecular flexibility index (Phi) is 3.76. The first-order chi connectivity index (χ1) is 5.83. The Hall–Kier alpha value is -0.870. The SMILES string of the molecule is NCC[C@H](O)CCn1cccn1. The maximum Gasteiger partial charge on any atom is 0.0569 e. The normalized spacial score (nSPS) is 13.2. The van der Waals surface area contributed by atoms with E-state index >= 15 is 0 Å². The van der Waals surface area contributed by atoms with E-state index < -0.39 is 0 Å². The first kappa shape index (κ1) is 9.22. The van der Waals surface area contributed by atoms with E-state index in [1.807, 2.05) is 12.3 Å². The molecular formula is C8H15N3O. The Labute approximate surface area is 72.0 Å². The van der Waals surface area contributed by atoms with E-state index in [0.717, 1.165) is 13.0 Å². The molecule has 0 saturated carbocycles. The monoisotopic (exact) mass is 169 g/mol. The number of hydrogen-bond donors (Lipinski definition) is 2. The van der Waals surface area contributed by atoms with Gasteiger partial charge < -0.3 is 10.8 Å². The third kappa shape index (κ3) is 3.02. The van der Waals surface area contributed by atoms with Crippen molar-refractivity contribution in [1.82, 2.24) is 9.78 Å². The van der Waals surface area contributed by atoms with Gasteiger partial charge in [-0.15, -0.1) is 0 Å². The Balaban J connectivity index is 2.17. The van der Waals surface area contributed by atoms with E-state index in [9.17, 15) is 5.11 Å². The molecule has 0 saturated heterocycles. The van der Waals surface area contributed by atoms with Crippen molar-refractivity contribution < 1.29 is 5.11 Å². The van der Waals surface area contributed by atoms with E-state index in [0.29, 0.717) is 13.0 Å². The van der Waals surface area contributed by atoms with Gasteiger partial charge >= 0.3 is 0 Å². The second kappa shape index (κ2) is 4.90. The summed E-state index contributed by atoms with van der Waals surface area (Å²) in [5.41, 5.74) is 5.30. The molecule has 0 aliphatic carbocycles. The third-order valence-electron chi connectivity index (χ3n) is 1.75. The lowest BCUT2D eigenvalue weighted by atomic mass is 10.2. The zero-order valence-corrected chi connectivity index (χ0v) is 7.06. The molecule has 68 valence electrons. The van der Waals surface area contributed by atoms with Crippen LogP contribution in [0.25, 0.3) is 0 Å². The molecule has 0 aliphatic heterocycles. The quantitative estimate of drug-likeness (QED) is 0.651. The van der Waals surface area contributed by atoms with E-state index in [1.54, 1.807) is 10.9 Å². The predicted molar refractivity (Wildman–Crippen MR) is 46.5 cm³/mol. The maximum atomic E-state index is 9.33. The highest BCUT2D eigenvalue weighted by molar-refractivity contribution is 4.77. The van der Waals surface area contributed by atoms with Gasteiger partial charge in [-0.25, -0.2) is 0 Å². The van der Waals surface area contributed by atoms with Crippen molar-refractivity contribution in [3.8, 4) is 0 Å². The molecule has 4 heteroatoms. The summed E-state index contributed by atoms with van der Waals surface area (Å²) in [7, 11) is 0. The van der Waals surface area contributed by atoms with Crippen LogP contribution < -0.4 is 5.73 Å². The van der Waals surface area contributed by atoms with Gasteiger partial charge in [0.15, 0.2) is 0 Å². The molecule has 0 amide bonds. The minimum atomic E-state index is -0.292. The van der Waals surface area contributed by atoms with Gasteiger partial charge in [0.25, 0.3) is 0 Å². The molecule has 0 bridgehead atoms. The third-order valence-corrected chi connectivity index (χ3v) is 1.75. The van der Waals surface area contributed by atoms with Crippen LogP contribution in [0.1, 0.15) is 12.8 Å². The Bertz CT molecular complexity index is 198. The summed E-state index contributed by atoms with van der Waals surface area (Å²) < 4.78 is 1.81. The lowest BCUT2D eigenvalue weighted by Gasteiger charge is -2.08. The fraction of sp³-hybridized carbons (Fsp3) is 0.625. The Morgan fingerprint density at radius 1 is 1.50 bits per heavy atom. The van der Waals surface area contributed by atoms with Crippen LogP contribution in [0, 0.1) is 0 Å². The van der Waals surface area contributed by atoms with E-state index in [2.05, 4.69) is 5.10 Å². The summed E-state index contributed by atoms with van der Waals surface area (Å²) in [6.07, 6.45) is 4.71. The van der Waals surface area contributed by atoms with Gasteiger partial charge in [0, 0.05) is 18.9 Å². The van der Waals surface area contributed by atoms with Gasteiger partial charge in [0.1, 0.15) is 0 Å². The van der Waals surface area contributed by atoms with Crippen LogP contribution in [-0.2, 0) is 6.54 Å². The van der Waals surface area contributed by atoms with Crippen molar-refractivity contribution in [3.05, 3.63) is 18.5 Å². The standard InChI is InChI=1S/C8H15N3O/c9-4-2-8(12)3-7-11-6-1-5-10-11/h1,5-6,8,12H,2-4,7,9H2/t8-/m0/s1. The molecule has 0 aliphatic rings. The lowest BCUT2D eigenvalue weighted by Crippen LogP contribution is -2.15. The summed E-state index contributed by atoms with van der Waals surface area (Å²) >= 11 is 0. The largest absolute Gasteiger partial charge is 0.393 e. The van der Waals surface area contributed by atoms with E-state index in [-0.39, 0.29) is 6.10 Å². The van der Waals surface area contributed by atoms with Gasteiger partial charge in [-0.2, -0.15) is 5.10 Å². The first-order valence-corrected chi connectivity index (χ1v) is 4.18. The lowest BCUT2D eigenvalue weighted by molar-refractivity contribution is 0.150. The number of nitrogens with zero attached hydrogens (tertiary/aromatic N) is 2. The molecule has 12 heavy (non-hydrogen) atoms. The van der Waals surface area contributed by atoms with Crippen LogP contribution in [0.2, 0.25) is 0 Å². The number of aromatic nitrogens is 2. The van der Waals surface area contributed by atoms with Crippen LogP contribution in [0.15, 0.2) is 18.5 Å². The van der Waals surface area contributed by atoms with Crippen molar-refractivity contribution in [2.45, 2.75) is 25.5 Å². The number of hydrogen-bond acceptors (Lipinski definition) is 3. The van der Waals surface area contributed by atoms with Crippen molar-refractivity contribution in [3.63, 3.8) is 0 Å². The van der Waals surface area contributed by atoms with Crippen molar-refractivity contribution in [2.75, 3.05) is 6.54 Å². The average molecular weight is 169 g/mol. The predicted octanol–water partition coefficient (Wildman–Crippen LogP) is -0.0171. The summed E-state index contributed by atoms with van der Waals surface area (Å²) in [5, 5.41) is 13.3. The summed E-state index contributed by atoms with van der Waals surface area (Å²) in [5.74, 6) is 0. The van der Waals surface area contributed by atoms with Crippen molar-refractivity contribution >= 4 is 0 Å². The topological polar surface area (TPSA) is 64.1 Å². The zero-order valence-electron chi connectivity index (χ0n) is 7.06. The summed E-state index contributed by atoms with van der Waals surface area (Å²) in [6.45, 7) is 1.30. The van der Waals surface area contributed by atoms with Gasteiger partial charge in [-0.3, -0.25) is 4.68 Å². The molecule has 1 atom stereocenters. The number of rotatable bonds is 5. The molecule has 0 fully saturated rings. The molecule has 0 radical (unpaired) electrons. The number of aryl methyl sites for hydroxylation is 1. The summed E-state index contributed by atoms with van der Waals surface area (Å²) in [4.78, 5) is 0. The average Bonchev–Trinajstić information content (AvgIpc) is 2.53. The van der Waals surface area contributed by atoms with Crippen LogP contribution in [-0.4, -0.2) is 27.5 Å². The highest BCUT2D eigenvalue weighted by Crippen LogP contribution is 1.98. The maximum absolute atomic E-state index is 9.33. The fourth-order valence-electron chi connectivity index (χ4n) is 1.05. The number of aliphatic hydroxyl groups excluding tert-OH is 1. The second-order valence-corrected chi connectivity index (χ2v) is 2.79. The minimum absolute atomic E-state index is 0.292. The highest BCUT2D eigenvalue weighted by Gasteiger charge is 2.02. The molecule has 1 heterocycles. The second-order valence-electron chi connectivity index (χ2n) is 2.79. The fourth-order valence-corrected chi connectivity index (χ4v) is 1.05. The van der Waals surface area contributed by atoms with Crippen LogP contribution in [0.3, 0.4) is 0 Å². The molecule has 1 rings (SSSR count). The number of nitrogens with two attached hydrogens (primary N) is 1. The van der Waals surface area contributed by atoms with Crippen LogP contribution in [0.4, 0.5) is 0 Å². The van der Waals surface area contributed by atoms with Gasteiger partial charge in [-0.1, -0.05) is 0 Å². The van der Waals surface area contributed by atoms with Gasteiger partial charge in [0.2, 0.25) is 0 Å². The Morgan fingerprint density at radius 3 is 2.92 bits per heavy atom.